The average molecular weight is 576 g/mol. The molecule has 0 saturated carbocycles. The molecule has 4 atom stereocenters. The van der Waals surface area contributed by atoms with Crippen molar-refractivity contribution in [3.05, 3.63) is 36.0 Å². The molecule has 41 heavy (non-hydrogen) atoms. The minimum Gasteiger partial charge on any atom is -0.481 e. The number of carboxylic acids is 3. The normalized spacial score (nSPS) is 14.0. The van der Waals surface area contributed by atoms with Crippen molar-refractivity contribution in [2.75, 3.05) is 0 Å². The lowest BCUT2D eigenvalue weighted by Gasteiger charge is -2.26. The van der Waals surface area contributed by atoms with Gasteiger partial charge in [-0.05, 0) is 36.8 Å². The number of nitrogens with two attached hydrogens (primary N) is 1. The van der Waals surface area contributed by atoms with Crippen molar-refractivity contribution in [1.82, 2.24) is 20.9 Å². The van der Waals surface area contributed by atoms with E-state index in [0.717, 1.165) is 10.9 Å². The number of hydrogen-bond donors (Lipinski definition) is 8. The summed E-state index contributed by atoms with van der Waals surface area (Å²) in [6.07, 6.45) is 0.449. The molecule has 0 saturated heterocycles. The topological polar surface area (TPSA) is 241 Å². The lowest BCUT2D eigenvalue weighted by atomic mass is 10.00. The van der Waals surface area contributed by atoms with E-state index in [1.807, 2.05) is 18.2 Å². The van der Waals surface area contributed by atoms with Gasteiger partial charge in [0.25, 0.3) is 0 Å². The molecule has 1 heterocycles. The molecule has 0 aliphatic carbocycles. The first kappa shape index (κ1) is 32.8. The number of fused-ring (bicyclic) bond motifs is 1. The fraction of sp³-hybridized carbons (Fsp3) is 0.481. The van der Waals surface area contributed by atoms with Gasteiger partial charge in [-0.2, -0.15) is 0 Å². The van der Waals surface area contributed by atoms with E-state index >= 15 is 0 Å². The number of nitrogens with one attached hydrogen (secondary N) is 4. The largest absolute Gasteiger partial charge is 0.481 e. The molecule has 14 heteroatoms. The van der Waals surface area contributed by atoms with Crippen molar-refractivity contribution in [2.24, 2.45) is 11.7 Å². The maximum Gasteiger partial charge on any atom is 0.326 e. The number of rotatable bonds is 17. The minimum absolute atomic E-state index is 0.000380. The highest BCUT2D eigenvalue weighted by Gasteiger charge is 2.31. The Morgan fingerprint density at radius 3 is 1.98 bits per heavy atom. The number of carbonyl (C=O) groups excluding carboxylic acids is 3. The van der Waals surface area contributed by atoms with Crippen molar-refractivity contribution in [3.63, 3.8) is 0 Å². The molecule has 4 unspecified atom stereocenters. The number of benzene rings is 1. The first-order valence-electron chi connectivity index (χ1n) is 13.2. The molecular weight excluding hydrogens is 538 g/mol. The summed E-state index contributed by atoms with van der Waals surface area (Å²) >= 11 is 0. The number of amides is 3. The summed E-state index contributed by atoms with van der Waals surface area (Å²) in [7, 11) is 0. The number of aliphatic carboxylic acids is 3. The second kappa shape index (κ2) is 15.4. The maximum atomic E-state index is 13.5. The van der Waals surface area contributed by atoms with Gasteiger partial charge in [0.15, 0.2) is 0 Å². The van der Waals surface area contributed by atoms with Crippen LogP contribution in [-0.4, -0.2) is 80.1 Å². The Morgan fingerprint density at radius 1 is 0.805 bits per heavy atom. The minimum atomic E-state index is -1.49. The molecule has 0 aliphatic heterocycles. The molecule has 14 nitrogen and oxygen atoms in total. The summed E-state index contributed by atoms with van der Waals surface area (Å²) in [6, 6.07) is 2.19. The van der Waals surface area contributed by atoms with E-state index in [0.29, 0.717) is 5.56 Å². The molecule has 0 bridgehead atoms. The zero-order valence-corrected chi connectivity index (χ0v) is 22.9. The van der Waals surface area contributed by atoms with E-state index in [1.165, 1.54) is 0 Å². The Hall–Kier alpha value is -4.46. The van der Waals surface area contributed by atoms with Gasteiger partial charge in [-0.1, -0.05) is 32.0 Å². The number of carboxylic acid groups (broad SMARTS) is 3. The van der Waals surface area contributed by atoms with Crippen LogP contribution in [0.15, 0.2) is 30.5 Å². The third kappa shape index (κ3) is 10.6. The summed E-state index contributed by atoms with van der Waals surface area (Å²) in [5.74, 6) is -6.21. The lowest BCUT2D eigenvalue weighted by Crippen LogP contribution is -2.57. The van der Waals surface area contributed by atoms with Crippen LogP contribution in [-0.2, 0) is 35.2 Å². The van der Waals surface area contributed by atoms with E-state index in [-0.39, 0.29) is 38.0 Å². The maximum absolute atomic E-state index is 13.5. The highest BCUT2D eigenvalue weighted by molar-refractivity contribution is 5.95. The van der Waals surface area contributed by atoms with Crippen molar-refractivity contribution >= 4 is 46.5 Å². The van der Waals surface area contributed by atoms with Crippen LogP contribution in [0.3, 0.4) is 0 Å². The van der Waals surface area contributed by atoms with E-state index < -0.39 is 66.2 Å². The Bertz CT molecular complexity index is 1260. The van der Waals surface area contributed by atoms with Crippen LogP contribution in [0, 0.1) is 5.92 Å². The van der Waals surface area contributed by atoms with Crippen molar-refractivity contribution in [3.8, 4) is 0 Å². The lowest BCUT2D eigenvalue weighted by molar-refractivity contribution is -0.143. The molecule has 0 spiro atoms. The van der Waals surface area contributed by atoms with Crippen LogP contribution in [0.25, 0.3) is 10.9 Å². The van der Waals surface area contributed by atoms with Crippen LogP contribution < -0.4 is 21.7 Å². The Morgan fingerprint density at radius 2 is 1.37 bits per heavy atom. The van der Waals surface area contributed by atoms with Gasteiger partial charge < -0.3 is 42.0 Å². The fourth-order valence-electron chi connectivity index (χ4n) is 4.19. The summed E-state index contributed by atoms with van der Waals surface area (Å²) < 4.78 is 0. The SMILES string of the molecule is CC(C)CC(NC(=O)C(Cc1c[nH]c2ccccc12)NC(=O)C(N)CCC(=O)O)C(=O)NC(CCC(=O)O)C(=O)O. The summed E-state index contributed by atoms with van der Waals surface area (Å²) in [5, 5.41) is 35.5. The van der Waals surface area contributed by atoms with Gasteiger partial charge in [0, 0.05) is 36.4 Å². The zero-order valence-electron chi connectivity index (χ0n) is 22.9. The van der Waals surface area contributed by atoms with Crippen LogP contribution in [0.1, 0.15) is 51.5 Å². The van der Waals surface area contributed by atoms with E-state index in [9.17, 15) is 33.9 Å². The quantitative estimate of drug-likeness (QED) is 0.129. The number of hydrogen-bond acceptors (Lipinski definition) is 7. The highest BCUT2D eigenvalue weighted by atomic mass is 16.4. The molecule has 0 fully saturated rings. The number of para-hydroxylation sites is 1. The molecule has 1 aromatic carbocycles. The first-order valence-corrected chi connectivity index (χ1v) is 13.2. The van der Waals surface area contributed by atoms with E-state index in [1.54, 1.807) is 26.1 Å². The smallest absolute Gasteiger partial charge is 0.326 e. The predicted molar refractivity (Wildman–Crippen MR) is 147 cm³/mol. The number of carbonyl (C=O) groups is 6. The standard InChI is InChI=1S/C27H37N5O9/c1-14(2)11-20(25(38)30-19(27(40)41)8-10-23(35)36)32-26(39)21(31-24(37)17(28)7-9-22(33)34)12-15-13-29-18-6-4-3-5-16(15)18/h3-6,13-14,17,19-21,29H,7-12,28H2,1-2H3,(H,30,38)(H,31,37)(H,32,39)(H,33,34)(H,35,36)(H,40,41). The zero-order chi connectivity index (χ0) is 30.7. The van der Waals surface area contributed by atoms with Gasteiger partial charge in [-0.3, -0.25) is 24.0 Å². The van der Waals surface area contributed by atoms with Crippen LogP contribution in [0.4, 0.5) is 0 Å². The molecule has 0 radical (unpaired) electrons. The fourth-order valence-corrected chi connectivity index (χ4v) is 4.19. The van der Waals surface area contributed by atoms with E-state index in [2.05, 4.69) is 20.9 Å². The highest BCUT2D eigenvalue weighted by Crippen LogP contribution is 2.19. The second-order valence-corrected chi connectivity index (χ2v) is 10.2. The van der Waals surface area contributed by atoms with Gasteiger partial charge in [0.05, 0.1) is 6.04 Å². The summed E-state index contributed by atoms with van der Waals surface area (Å²) in [4.78, 5) is 75.9. The first-order chi connectivity index (χ1) is 19.3. The third-order valence-corrected chi connectivity index (χ3v) is 6.34. The third-order valence-electron chi connectivity index (χ3n) is 6.34. The molecule has 0 aliphatic rings. The molecule has 9 N–H and O–H groups in total. The van der Waals surface area contributed by atoms with Crippen molar-refractivity contribution in [1.29, 1.82) is 0 Å². The Kier molecular flexibility index (Phi) is 12.3. The number of aromatic amines is 1. The van der Waals surface area contributed by atoms with Gasteiger partial charge >= 0.3 is 17.9 Å². The van der Waals surface area contributed by atoms with E-state index in [4.69, 9.17) is 15.9 Å². The molecule has 2 aromatic rings. The molecule has 3 amide bonds. The summed E-state index contributed by atoms with van der Waals surface area (Å²) in [5.41, 5.74) is 7.33. The molecule has 1 aromatic heterocycles. The van der Waals surface area contributed by atoms with Crippen LogP contribution in [0.5, 0.6) is 0 Å². The monoisotopic (exact) mass is 575 g/mol. The Labute approximate surface area is 236 Å². The van der Waals surface area contributed by atoms with Crippen LogP contribution in [0.2, 0.25) is 0 Å². The van der Waals surface area contributed by atoms with Gasteiger partial charge in [-0.15, -0.1) is 0 Å². The number of H-pyrrole nitrogens is 1. The van der Waals surface area contributed by atoms with Gasteiger partial charge in [0.1, 0.15) is 18.1 Å². The second-order valence-electron chi connectivity index (χ2n) is 10.2. The summed E-state index contributed by atoms with van der Waals surface area (Å²) in [6.45, 7) is 3.58. The average Bonchev–Trinajstić information content (AvgIpc) is 3.30. The van der Waals surface area contributed by atoms with Crippen LogP contribution >= 0.6 is 0 Å². The molecular formula is C27H37N5O9. The Balaban J connectivity index is 2.29. The number of aromatic nitrogens is 1. The van der Waals surface area contributed by atoms with Gasteiger partial charge in [0.2, 0.25) is 17.7 Å². The van der Waals surface area contributed by atoms with Gasteiger partial charge in [-0.25, -0.2) is 4.79 Å². The van der Waals surface area contributed by atoms with Crippen molar-refractivity contribution in [2.45, 2.75) is 76.5 Å². The van der Waals surface area contributed by atoms with Crippen molar-refractivity contribution < 1.29 is 44.1 Å². The molecule has 224 valence electrons. The predicted octanol–water partition coefficient (Wildman–Crippen LogP) is 0.352. The molecule has 2 rings (SSSR count).